The van der Waals surface area contributed by atoms with Gasteiger partial charge in [-0.15, -0.1) is 0 Å². The lowest BCUT2D eigenvalue weighted by Crippen LogP contribution is -2.55. The van der Waals surface area contributed by atoms with Crippen LogP contribution < -0.4 is 11.1 Å². The van der Waals surface area contributed by atoms with Crippen molar-refractivity contribution in [1.29, 1.82) is 0 Å². The molecule has 178 valence electrons. The molecule has 1 amide bonds. The van der Waals surface area contributed by atoms with Crippen molar-refractivity contribution in [2.24, 2.45) is 15.7 Å². The Balaban J connectivity index is 1.42. The van der Waals surface area contributed by atoms with Crippen LogP contribution in [0.5, 0.6) is 0 Å². The molecule has 2 fully saturated rings. The van der Waals surface area contributed by atoms with Gasteiger partial charge in [-0.2, -0.15) is 15.2 Å². The van der Waals surface area contributed by atoms with Crippen LogP contribution in [0.2, 0.25) is 0 Å². The smallest absolute Gasteiger partial charge is 0.251 e. The molecule has 1 atom stereocenters. The van der Waals surface area contributed by atoms with Crippen molar-refractivity contribution in [2.75, 3.05) is 11.9 Å². The van der Waals surface area contributed by atoms with Gasteiger partial charge in [0.1, 0.15) is 11.4 Å². The van der Waals surface area contributed by atoms with Crippen LogP contribution in [0.15, 0.2) is 46.6 Å². The van der Waals surface area contributed by atoms with Gasteiger partial charge in [0.05, 0.1) is 11.9 Å². The number of nitrogens with two attached hydrogens (primary N) is 1. The average molecular weight is 463 g/mol. The number of anilines is 1. The maximum atomic E-state index is 13.3. The van der Waals surface area contributed by atoms with E-state index in [0.29, 0.717) is 42.9 Å². The molecule has 4 heterocycles. The number of rotatable bonds is 6. The number of aryl methyl sites for hydroxylation is 1. The summed E-state index contributed by atoms with van der Waals surface area (Å²) in [5.41, 5.74) is 7.47. The highest BCUT2D eigenvalue weighted by molar-refractivity contribution is 6.07. The molecule has 1 aliphatic carbocycles. The minimum absolute atomic E-state index is 0.141. The van der Waals surface area contributed by atoms with E-state index in [1.54, 1.807) is 23.1 Å². The van der Waals surface area contributed by atoms with E-state index in [2.05, 4.69) is 35.6 Å². The fourth-order valence-corrected chi connectivity index (χ4v) is 4.39. The fraction of sp³-hybridized carbons (Fsp3) is 0.435. The minimum atomic E-state index is -0.844. The first-order chi connectivity index (χ1) is 16.5. The van der Waals surface area contributed by atoms with Crippen molar-refractivity contribution >= 4 is 29.3 Å². The summed E-state index contributed by atoms with van der Waals surface area (Å²) in [6, 6.07) is 7.50. The molecule has 0 bridgehead atoms. The number of aromatic amines is 2. The number of aromatic nitrogens is 5. The highest BCUT2D eigenvalue weighted by Gasteiger charge is 2.44. The number of guanidine groups is 1. The van der Waals surface area contributed by atoms with Gasteiger partial charge >= 0.3 is 0 Å². The average Bonchev–Trinajstić information content (AvgIpc) is 3.28. The summed E-state index contributed by atoms with van der Waals surface area (Å²) < 4.78 is 1.74. The molecule has 2 aliphatic rings. The van der Waals surface area contributed by atoms with Crippen molar-refractivity contribution in [1.82, 2.24) is 29.9 Å². The molecule has 0 aromatic carbocycles. The molecule has 5 N–H and O–H groups in total. The summed E-state index contributed by atoms with van der Waals surface area (Å²) in [6.45, 7) is 5.16. The normalized spacial score (nSPS) is 21.3. The number of carbonyl (C=O) groups is 1. The Bertz CT molecular complexity index is 1220. The van der Waals surface area contributed by atoms with E-state index in [9.17, 15) is 4.79 Å². The highest BCUT2D eigenvalue weighted by atomic mass is 16.2. The van der Waals surface area contributed by atoms with Gasteiger partial charge in [-0.25, -0.2) is 9.67 Å². The fourth-order valence-electron chi connectivity index (χ4n) is 4.39. The van der Waals surface area contributed by atoms with Crippen molar-refractivity contribution in [3.05, 3.63) is 48.0 Å². The van der Waals surface area contributed by atoms with Crippen molar-refractivity contribution in [3.63, 3.8) is 0 Å². The van der Waals surface area contributed by atoms with E-state index >= 15 is 0 Å². The molecule has 3 aromatic heterocycles. The molecule has 0 radical (unpaired) electrons. The number of carbonyl (C=O) groups excluding carboxylic acids is 1. The quantitative estimate of drug-likeness (QED) is 0.329. The van der Waals surface area contributed by atoms with E-state index in [0.717, 1.165) is 17.8 Å². The van der Waals surface area contributed by atoms with E-state index in [1.807, 2.05) is 36.9 Å². The van der Waals surface area contributed by atoms with Crippen LogP contribution >= 0.6 is 0 Å². The van der Waals surface area contributed by atoms with Crippen molar-refractivity contribution in [2.45, 2.75) is 57.5 Å². The zero-order valence-corrected chi connectivity index (χ0v) is 19.5. The summed E-state index contributed by atoms with van der Waals surface area (Å²) in [7, 11) is 0. The zero-order valence-electron chi connectivity index (χ0n) is 19.5. The Morgan fingerprint density at radius 1 is 1.38 bits per heavy atom. The topological polar surface area (TPSA) is 145 Å². The summed E-state index contributed by atoms with van der Waals surface area (Å²) in [6.07, 6.45) is 7.32. The lowest BCUT2D eigenvalue weighted by molar-refractivity contribution is -0.123. The summed E-state index contributed by atoms with van der Waals surface area (Å²) in [4.78, 5) is 27.7. The van der Waals surface area contributed by atoms with E-state index in [4.69, 9.17) is 5.73 Å². The van der Waals surface area contributed by atoms with Crippen LogP contribution in [0.25, 0.3) is 0 Å². The van der Waals surface area contributed by atoms with Crippen molar-refractivity contribution in [3.8, 4) is 0 Å². The monoisotopic (exact) mass is 462 g/mol. The van der Waals surface area contributed by atoms with Gasteiger partial charge in [0, 0.05) is 43.0 Å². The number of amides is 1. The number of aliphatic imine (C=N–C) groups is 2. The van der Waals surface area contributed by atoms with E-state index in [-0.39, 0.29) is 11.9 Å². The Labute approximate surface area is 197 Å². The maximum absolute atomic E-state index is 13.3. The van der Waals surface area contributed by atoms with Crippen LogP contribution in [0.1, 0.15) is 56.8 Å². The molecule has 1 saturated heterocycles. The lowest BCUT2D eigenvalue weighted by atomic mass is 9.98. The molecule has 0 spiro atoms. The Kier molecular flexibility index (Phi) is 5.68. The molecule has 1 saturated carbocycles. The SMILES string of the molecule is CCn1nccc1NC(=O)[C@]1(C)CCCN1C(N)=NC(=Nc1cc(C2CC2)[nH]n1)c1ccc[nH]1. The molecule has 34 heavy (non-hydrogen) atoms. The summed E-state index contributed by atoms with van der Waals surface area (Å²) >= 11 is 0. The number of hydrogen-bond acceptors (Lipinski definition) is 4. The number of hydrogen-bond donors (Lipinski definition) is 4. The number of nitrogens with zero attached hydrogens (tertiary/aromatic N) is 6. The van der Waals surface area contributed by atoms with Gasteiger partial charge in [0.25, 0.3) is 5.91 Å². The van der Waals surface area contributed by atoms with Gasteiger partial charge in [-0.3, -0.25) is 9.89 Å². The molecule has 0 unspecified atom stereocenters. The third-order valence-electron chi connectivity index (χ3n) is 6.55. The number of nitrogens with one attached hydrogen (secondary N) is 3. The van der Waals surface area contributed by atoms with E-state index in [1.165, 1.54) is 12.8 Å². The first-order valence-corrected chi connectivity index (χ1v) is 11.7. The first-order valence-electron chi connectivity index (χ1n) is 11.7. The second-order valence-electron chi connectivity index (χ2n) is 8.96. The number of likely N-dealkylation sites (tertiary alicyclic amines) is 1. The first kappa shape index (κ1) is 21.9. The van der Waals surface area contributed by atoms with Crippen LogP contribution in [0.3, 0.4) is 0 Å². The standard InChI is InChI=1S/C23H30N10O/c1-3-33-19(9-12-26-33)28-21(34)23(2)10-5-13-32(23)22(24)29-20(16-6-4-11-25-16)27-18-14-17(30-31-18)15-7-8-15/h4,6,9,11-12,14-15,25H,3,5,7-8,10,13H2,1-2H3,(H,28,34)(H3,24,27,29,30,31)/t23-/m0/s1. The van der Waals surface area contributed by atoms with Crippen molar-refractivity contribution < 1.29 is 4.79 Å². The predicted octanol–water partition coefficient (Wildman–Crippen LogP) is 2.72. The van der Waals surface area contributed by atoms with E-state index < -0.39 is 5.54 Å². The predicted molar refractivity (Wildman–Crippen MR) is 130 cm³/mol. The maximum Gasteiger partial charge on any atom is 0.251 e. The minimum Gasteiger partial charge on any atom is -0.369 e. The van der Waals surface area contributed by atoms with Crippen LogP contribution in [-0.4, -0.2) is 59.6 Å². The van der Waals surface area contributed by atoms with Gasteiger partial charge in [-0.1, -0.05) is 0 Å². The molecule has 5 rings (SSSR count). The Hall–Kier alpha value is -3.89. The summed E-state index contributed by atoms with van der Waals surface area (Å²) in [5.74, 6) is 2.28. The second-order valence-corrected chi connectivity index (χ2v) is 8.96. The molecule has 3 aromatic rings. The van der Waals surface area contributed by atoms with Gasteiger partial charge < -0.3 is 20.9 Å². The molecule has 11 heteroatoms. The molecule has 1 aliphatic heterocycles. The Morgan fingerprint density at radius 2 is 2.24 bits per heavy atom. The largest absolute Gasteiger partial charge is 0.369 e. The van der Waals surface area contributed by atoms with Crippen LogP contribution in [-0.2, 0) is 11.3 Å². The zero-order chi connectivity index (χ0) is 23.7. The highest BCUT2D eigenvalue weighted by Crippen LogP contribution is 2.39. The number of amidine groups is 1. The lowest BCUT2D eigenvalue weighted by Gasteiger charge is -2.34. The second kappa shape index (κ2) is 8.81. The summed E-state index contributed by atoms with van der Waals surface area (Å²) in [5, 5.41) is 14.6. The molecule has 11 nitrogen and oxygen atoms in total. The third-order valence-corrected chi connectivity index (χ3v) is 6.55. The third kappa shape index (κ3) is 4.20. The van der Waals surface area contributed by atoms with Gasteiger partial charge in [0.15, 0.2) is 17.6 Å². The van der Waals surface area contributed by atoms with Crippen LogP contribution in [0.4, 0.5) is 11.6 Å². The molecular weight excluding hydrogens is 432 g/mol. The number of H-pyrrole nitrogens is 2. The van der Waals surface area contributed by atoms with Gasteiger partial charge in [-0.05, 0) is 51.7 Å². The van der Waals surface area contributed by atoms with Crippen LogP contribution in [0, 0.1) is 0 Å². The Morgan fingerprint density at radius 3 is 2.97 bits per heavy atom. The molecular formula is C23H30N10O. The van der Waals surface area contributed by atoms with Gasteiger partial charge in [0.2, 0.25) is 0 Å².